The molecule has 2 fully saturated rings. The molecule has 2 heterocycles. The number of hydrogen-bond acceptors (Lipinski definition) is 10. The van der Waals surface area contributed by atoms with Gasteiger partial charge in [0.25, 0.3) is 0 Å². The van der Waals surface area contributed by atoms with E-state index in [4.69, 9.17) is 4.74 Å². The van der Waals surface area contributed by atoms with E-state index in [1.807, 2.05) is 12.1 Å². The molecule has 0 amide bonds. The highest BCUT2D eigenvalue weighted by Crippen LogP contribution is 2.33. The number of benzene rings is 2. The molecule has 1 aromatic heterocycles. The van der Waals surface area contributed by atoms with Gasteiger partial charge in [-0.3, -0.25) is 4.90 Å². The van der Waals surface area contributed by atoms with Crippen LogP contribution in [0.3, 0.4) is 0 Å². The van der Waals surface area contributed by atoms with Crippen LogP contribution in [0, 0.1) is 0 Å². The van der Waals surface area contributed by atoms with Crippen LogP contribution in [0.5, 0.6) is 5.75 Å². The van der Waals surface area contributed by atoms with Gasteiger partial charge in [-0.25, -0.2) is 18.4 Å². The molecule has 202 valence electrons. The van der Waals surface area contributed by atoms with Gasteiger partial charge in [-0.2, -0.15) is 4.98 Å². The largest absolute Gasteiger partial charge is 0.494 e. The molecule has 2 N–H and O–H groups in total. The average molecular weight is 650 g/mol. The Kier molecular flexibility index (Phi) is 8.48. The molecule has 1 aliphatic carbocycles. The number of nitrogens with zero attached hydrogens (tertiary/aromatic N) is 5. The Hall–Kier alpha value is -2.71. The molecule has 0 bridgehead atoms. The molecule has 0 radical (unpaired) electrons. The monoisotopic (exact) mass is 649 g/mol. The number of nitrogens with one attached hydrogen (secondary N) is 2. The molecule has 2 aromatic carbocycles. The van der Waals surface area contributed by atoms with Gasteiger partial charge in [-0.1, -0.05) is 31.4 Å². The van der Waals surface area contributed by atoms with Crippen LogP contribution in [0.1, 0.15) is 32.1 Å². The standard InChI is InChI=1S/C26H32IN7O3S/c1-37-23-17-20(34-15-13-33(14-16-34)19-7-3-2-4-8-19)11-12-21(23)30-25-28-18-29-26(32-25)31-22-9-5-6-10-24(22)38(27,35)36/h5-6,9-12,17-19H,2-4,7-8,13-16H2,1H3,(H2,28,29,30,31,32). The molecule has 0 spiro atoms. The molecule has 0 atom stereocenters. The van der Waals surface area contributed by atoms with Gasteiger partial charge in [0.15, 0.2) is 0 Å². The van der Waals surface area contributed by atoms with Gasteiger partial charge in [0.05, 0.1) is 39.7 Å². The Morgan fingerprint density at radius 3 is 2.29 bits per heavy atom. The number of aromatic nitrogens is 3. The molecule has 1 aliphatic heterocycles. The second kappa shape index (κ2) is 12.0. The predicted molar refractivity (Wildman–Crippen MR) is 158 cm³/mol. The van der Waals surface area contributed by atoms with Crippen molar-refractivity contribution in [2.24, 2.45) is 0 Å². The molecular formula is C26H32IN7O3S. The first kappa shape index (κ1) is 26.9. The number of ether oxygens (including phenoxy) is 1. The zero-order valence-electron chi connectivity index (χ0n) is 21.3. The van der Waals surface area contributed by atoms with Gasteiger partial charge >= 0.3 is 0 Å². The summed E-state index contributed by atoms with van der Waals surface area (Å²) in [5.74, 6) is 1.22. The third kappa shape index (κ3) is 6.46. The van der Waals surface area contributed by atoms with E-state index < -0.39 is 7.01 Å². The van der Waals surface area contributed by atoms with Crippen LogP contribution < -0.4 is 20.3 Å². The van der Waals surface area contributed by atoms with Gasteiger partial charge in [-0.15, -0.1) is 0 Å². The van der Waals surface area contributed by atoms with E-state index in [1.165, 1.54) is 65.7 Å². The SMILES string of the molecule is COc1cc(N2CCN(C3CCCCC3)CC2)ccc1Nc1ncnc(Nc2ccccc2S(=O)(=O)I)n1. The van der Waals surface area contributed by atoms with Crippen LogP contribution >= 0.6 is 21.2 Å². The van der Waals surface area contributed by atoms with E-state index in [-0.39, 0.29) is 10.8 Å². The first-order chi connectivity index (χ1) is 18.4. The van der Waals surface area contributed by atoms with Crippen molar-refractivity contribution >= 4 is 57.2 Å². The molecule has 1 saturated heterocycles. The second-order valence-corrected chi connectivity index (χ2v) is 14.3. The van der Waals surface area contributed by atoms with Gasteiger partial charge in [0, 0.05) is 44.0 Å². The van der Waals surface area contributed by atoms with Crippen molar-refractivity contribution < 1.29 is 13.2 Å². The lowest BCUT2D eigenvalue weighted by Crippen LogP contribution is -2.50. The Bertz CT molecular complexity index is 1360. The quantitative estimate of drug-likeness (QED) is 0.257. The first-order valence-electron chi connectivity index (χ1n) is 12.8. The van der Waals surface area contributed by atoms with Crippen molar-refractivity contribution in [3.05, 3.63) is 48.8 Å². The number of anilines is 5. The van der Waals surface area contributed by atoms with E-state index >= 15 is 0 Å². The molecule has 0 unspecified atom stereocenters. The third-order valence-electron chi connectivity index (χ3n) is 7.17. The average Bonchev–Trinajstić information content (AvgIpc) is 2.94. The summed E-state index contributed by atoms with van der Waals surface area (Å²) in [6, 6.07) is 13.5. The summed E-state index contributed by atoms with van der Waals surface area (Å²) in [5.41, 5.74) is 2.25. The normalized spacial score (nSPS) is 17.3. The highest BCUT2D eigenvalue weighted by Gasteiger charge is 2.25. The minimum atomic E-state index is -3.45. The summed E-state index contributed by atoms with van der Waals surface area (Å²) in [7, 11) is -1.80. The van der Waals surface area contributed by atoms with Crippen LogP contribution in [0.4, 0.5) is 29.0 Å². The van der Waals surface area contributed by atoms with Crippen LogP contribution in [-0.4, -0.2) is 67.6 Å². The molecule has 3 aromatic rings. The number of piperazine rings is 1. The zero-order chi connectivity index (χ0) is 26.5. The number of hydrogen-bond donors (Lipinski definition) is 2. The summed E-state index contributed by atoms with van der Waals surface area (Å²) in [5, 5.41) is 6.19. The molecule has 12 heteroatoms. The molecule has 10 nitrogen and oxygen atoms in total. The topological polar surface area (TPSA) is 113 Å². The van der Waals surface area contributed by atoms with Gasteiger partial charge < -0.3 is 20.3 Å². The number of para-hydroxylation sites is 1. The number of halogens is 1. The van der Waals surface area contributed by atoms with E-state index in [1.54, 1.807) is 25.3 Å². The summed E-state index contributed by atoms with van der Waals surface area (Å²) in [6.45, 7) is 4.19. The Morgan fingerprint density at radius 2 is 1.61 bits per heavy atom. The van der Waals surface area contributed by atoms with Crippen molar-refractivity contribution in [3.8, 4) is 5.75 Å². The van der Waals surface area contributed by atoms with Crippen LogP contribution in [-0.2, 0) is 7.01 Å². The maximum atomic E-state index is 12.1. The fourth-order valence-corrected chi connectivity index (χ4v) is 6.99. The minimum absolute atomic E-state index is 0.160. The highest BCUT2D eigenvalue weighted by molar-refractivity contribution is 14.2. The van der Waals surface area contributed by atoms with Crippen LogP contribution in [0.15, 0.2) is 53.7 Å². The minimum Gasteiger partial charge on any atom is -0.494 e. The van der Waals surface area contributed by atoms with E-state index in [9.17, 15) is 8.42 Å². The van der Waals surface area contributed by atoms with Crippen molar-refractivity contribution in [2.75, 3.05) is 48.8 Å². The summed E-state index contributed by atoms with van der Waals surface area (Å²) in [4.78, 5) is 18.0. The zero-order valence-corrected chi connectivity index (χ0v) is 24.3. The van der Waals surface area contributed by atoms with Gasteiger partial charge in [0.2, 0.25) is 18.9 Å². The third-order valence-corrected chi connectivity index (χ3v) is 9.47. The lowest BCUT2D eigenvalue weighted by Gasteiger charge is -2.41. The first-order valence-corrected chi connectivity index (χ1v) is 16.9. The van der Waals surface area contributed by atoms with Crippen molar-refractivity contribution in [2.45, 2.75) is 43.0 Å². The van der Waals surface area contributed by atoms with Crippen molar-refractivity contribution in [1.29, 1.82) is 0 Å². The van der Waals surface area contributed by atoms with Crippen LogP contribution in [0.2, 0.25) is 0 Å². The molecule has 2 aliphatic rings. The molecular weight excluding hydrogens is 617 g/mol. The maximum Gasteiger partial charge on any atom is 0.233 e. The summed E-state index contributed by atoms with van der Waals surface area (Å²) < 4.78 is 29.9. The molecule has 5 rings (SSSR count). The smallest absolute Gasteiger partial charge is 0.233 e. The molecule has 1 saturated carbocycles. The van der Waals surface area contributed by atoms with Crippen molar-refractivity contribution in [3.63, 3.8) is 0 Å². The van der Waals surface area contributed by atoms with E-state index in [2.05, 4.69) is 41.5 Å². The number of rotatable bonds is 8. The van der Waals surface area contributed by atoms with Gasteiger partial charge in [-0.05, 0) is 37.1 Å². The predicted octanol–water partition coefficient (Wildman–Crippen LogP) is 4.95. The Labute approximate surface area is 235 Å². The lowest BCUT2D eigenvalue weighted by molar-refractivity contribution is 0.148. The lowest BCUT2D eigenvalue weighted by atomic mass is 9.94. The van der Waals surface area contributed by atoms with E-state index in [0.29, 0.717) is 17.4 Å². The summed E-state index contributed by atoms with van der Waals surface area (Å²) >= 11 is 1.42. The maximum absolute atomic E-state index is 12.1. The summed E-state index contributed by atoms with van der Waals surface area (Å²) in [6.07, 6.45) is 8.16. The van der Waals surface area contributed by atoms with Crippen molar-refractivity contribution in [1.82, 2.24) is 19.9 Å². The van der Waals surface area contributed by atoms with E-state index in [0.717, 1.165) is 43.6 Å². The fourth-order valence-electron chi connectivity index (χ4n) is 5.21. The second-order valence-electron chi connectivity index (χ2n) is 9.52. The number of methoxy groups -OCH3 is 1. The fraction of sp³-hybridized carbons (Fsp3) is 0.423. The Balaban J connectivity index is 1.26. The van der Waals surface area contributed by atoms with Gasteiger partial charge in [0.1, 0.15) is 17.0 Å². The van der Waals surface area contributed by atoms with Crippen LogP contribution in [0.25, 0.3) is 0 Å². The highest BCUT2D eigenvalue weighted by atomic mass is 127. The Morgan fingerprint density at radius 1 is 0.921 bits per heavy atom. The molecule has 38 heavy (non-hydrogen) atoms.